The van der Waals surface area contributed by atoms with Gasteiger partial charge in [0, 0.05) is 27.9 Å². The van der Waals surface area contributed by atoms with Crippen molar-refractivity contribution in [3.63, 3.8) is 0 Å². The number of carbonyl (C=O) groups is 3. The molecule has 1 amide bonds. The van der Waals surface area contributed by atoms with Gasteiger partial charge in [0.1, 0.15) is 17.6 Å². The highest BCUT2D eigenvalue weighted by atomic mass is 35.5. The molecular weight excluding hydrogens is 456 g/mol. The number of nitrogens with one attached hydrogen (secondary N) is 1. The van der Waals surface area contributed by atoms with Crippen molar-refractivity contribution in [3.05, 3.63) is 46.1 Å². The molecule has 0 radical (unpaired) electrons. The lowest BCUT2D eigenvalue weighted by atomic mass is 9.75. The Morgan fingerprint density at radius 1 is 1.15 bits per heavy atom. The van der Waals surface area contributed by atoms with E-state index >= 15 is 0 Å². The largest absolute Gasteiger partial charge is 0.468 e. The highest BCUT2D eigenvalue weighted by Gasteiger charge is 2.43. The van der Waals surface area contributed by atoms with Crippen molar-refractivity contribution in [1.29, 1.82) is 0 Å². The summed E-state index contributed by atoms with van der Waals surface area (Å²) in [5, 5.41) is 3.26. The van der Waals surface area contributed by atoms with Gasteiger partial charge >= 0.3 is 11.9 Å². The van der Waals surface area contributed by atoms with E-state index in [2.05, 4.69) is 10.3 Å². The Morgan fingerprint density at radius 3 is 2.29 bits per heavy atom. The zero-order valence-electron chi connectivity index (χ0n) is 21.2. The summed E-state index contributed by atoms with van der Waals surface area (Å²) in [4.78, 5) is 43.9. The summed E-state index contributed by atoms with van der Waals surface area (Å²) >= 11 is 6.51. The molecule has 0 saturated carbocycles. The fourth-order valence-corrected chi connectivity index (χ4v) is 4.38. The number of rotatable bonds is 7. The molecule has 0 spiro atoms. The number of halogens is 1. The molecule has 2 rings (SSSR count). The van der Waals surface area contributed by atoms with Crippen LogP contribution in [0, 0.1) is 11.8 Å². The zero-order chi connectivity index (χ0) is 25.8. The minimum absolute atomic E-state index is 0.127. The van der Waals surface area contributed by atoms with E-state index in [4.69, 9.17) is 21.1 Å². The average molecular weight is 491 g/mol. The third-order valence-corrected chi connectivity index (χ3v) is 5.82. The summed E-state index contributed by atoms with van der Waals surface area (Å²) in [7, 11) is 1.30. The molecule has 1 N–H and O–H groups in total. The summed E-state index contributed by atoms with van der Waals surface area (Å²) < 4.78 is 10.6. The van der Waals surface area contributed by atoms with Crippen LogP contribution in [-0.4, -0.2) is 42.3 Å². The number of methoxy groups -OCH3 is 1. The van der Waals surface area contributed by atoms with Gasteiger partial charge in [0.15, 0.2) is 0 Å². The molecule has 1 aliphatic heterocycles. The maximum absolute atomic E-state index is 13.7. The van der Waals surface area contributed by atoms with Crippen LogP contribution >= 0.6 is 11.6 Å². The first-order chi connectivity index (χ1) is 15.8. The predicted octanol–water partition coefficient (Wildman–Crippen LogP) is 4.83. The smallest absolute Gasteiger partial charge is 0.329 e. The van der Waals surface area contributed by atoms with Crippen LogP contribution in [0.15, 0.2) is 40.5 Å². The van der Waals surface area contributed by atoms with Gasteiger partial charge in [-0.25, -0.2) is 4.79 Å². The third-order valence-electron chi connectivity index (χ3n) is 5.47. The first-order valence-electron chi connectivity index (χ1n) is 11.4. The van der Waals surface area contributed by atoms with Crippen molar-refractivity contribution >= 4 is 35.2 Å². The molecule has 1 aliphatic rings. The van der Waals surface area contributed by atoms with Gasteiger partial charge in [-0.2, -0.15) is 0 Å². The van der Waals surface area contributed by atoms with Crippen LogP contribution < -0.4 is 5.32 Å². The Kier molecular flexibility index (Phi) is 9.06. The summed E-state index contributed by atoms with van der Waals surface area (Å²) in [5.41, 5.74) is 1.15. The highest BCUT2D eigenvalue weighted by Crippen LogP contribution is 2.42. The molecule has 0 bridgehead atoms. The van der Waals surface area contributed by atoms with E-state index in [9.17, 15) is 14.4 Å². The molecule has 34 heavy (non-hydrogen) atoms. The lowest BCUT2D eigenvalue weighted by Crippen LogP contribution is -2.47. The van der Waals surface area contributed by atoms with Crippen molar-refractivity contribution in [1.82, 2.24) is 5.32 Å². The van der Waals surface area contributed by atoms with Gasteiger partial charge in [0.2, 0.25) is 5.91 Å². The number of esters is 2. The van der Waals surface area contributed by atoms with Gasteiger partial charge in [-0.3, -0.25) is 14.6 Å². The second-order valence-corrected chi connectivity index (χ2v) is 10.3. The minimum Gasteiger partial charge on any atom is -0.468 e. The number of hydrogen-bond donors (Lipinski definition) is 1. The maximum atomic E-state index is 13.7. The monoisotopic (exact) mass is 490 g/mol. The van der Waals surface area contributed by atoms with E-state index in [1.54, 1.807) is 58.9 Å². The molecule has 1 aromatic rings. The normalized spacial score (nSPS) is 19.4. The van der Waals surface area contributed by atoms with Crippen molar-refractivity contribution < 1.29 is 23.9 Å². The lowest BCUT2D eigenvalue weighted by Gasteiger charge is -2.33. The van der Waals surface area contributed by atoms with Crippen molar-refractivity contribution in [2.45, 2.75) is 72.4 Å². The molecule has 186 valence electrons. The van der Waals surface area contributed by atoms with Crippen LogP contribution in [0.4, 0.5) is 0 Å². The molecule has 0 aliphatic carbocycles. The molecular formula is C26H35ClN2O5. The fourth-order valence-electron chi connectivity index (χ4n) is 4.12. The van der Waals surface area contributed by atoms with E-state index in [-0.39, 0.29) is 11.5 Å². The zero-order valence-corrected chi connectivity index (χ0v) is 21.9. The Hall–Kier alpha value is -2.67. The summed E-state index contributed by atoms with van der Waals surface area (Å²) in [5.74, 6) is -2.96. The van der Waals surface area contributed by atoms with Crippen LogP contribution in [0.5, 0.6) is 0 Å². The van der Waals surface area contributed by atoms with Crippen molar-refractivity contribution in [2.24, 2.45) is 16.8 Å². The molecule has 0 aromatic heterocycles. The molecule has 3 atom stereocenters. The molecule has 8 heteroatoms. The lowest BCUT2D eigenvalue weighted by molar-refractivity contribution is -0.159. The van der Waals surface area contributed by atoms with Gasteiger partial charge in [0.25, 0.3) is 0 Å². The summed E-state index contributed by atoms with van der Waals surface area (Å²) in [6.07, 6.45) is 0.395. The predicted molar refractivity (Wildman–Crippen MR) is 133 cm³/mol. The molecule has 3 unspecified atom stereocenters. The number of hydrogen-bond acceptors (Lipinski definition) is 6. The van der Waals surface area contributed by atoms with Crippen LogP contribution in [0.1, 0.15) is 66.4 Å². The van der Waals surface area contributed by atoms with Crippen molar-refractivity contribution in [2.75, 3.05) is 7.11 Å². The Bertz CT molecular complexity index is 1010. The molecule has 0 fully saturated rings. The first kappa shape index (κ1) is 27.6. The molecule has 1 heterocycles. The quantitative estimate of drug-likeness (QED) is 0.552. The summed E-state index contributed by atoms with van der Waals surface area (Å²) in [6, 6.07) is 6.20. The number of amides is 1. The fraction of sp³-hybridized carbons (Fsp3) is 0.538. The second kappa shape index (κ2) is 11.2. The van der Waals surface area contributed by atoms with Crippen LogP contribution in [0.3, 0.4) is 0 Å². The molecule has 0 saturated heterocycles. The van der Waals surface area contributed by atoms with Gasteiger partial charge in [-0.15, -0.1) is 0 Å². The van der Waals surface area contributed by atoms with Crippen LogP contribution in [0.25, 0.3) is 0 Å². The third kappa shape index (κ3) is 6.69. The number of aliphatic imine (C=N–C) groups is 1. The van der Waals surface area contributed by atoms with Crippen molar-refractivity contribution in [3.8, 4) is 0 Å². The van der Waals surface area contributed by atoms with E-state index < -0.39 is 41.3 Å². The summed E-state index contributed by atoms with van der Waals surface area (Å²) in [6.45, 7) is 12.7. The highest BCUT2D eigenvalue weighted by molar-refractivity contribution is 6.31. The van der Waals surface area contributed by atoms with E-state index in [1.807, 2.05) is 13.8 Å². The van der Waals surface area contributed by atoms with Crippen LogP contribution in [0.2, 0.25) is 5.02 Å². The number of allylic oxidation sites excluding steroid dienone is 1. The van der Waals surface area contributed by atoms with Gasteiger partial charge < -0.3 is 14.8 Å². The van der Waals surface area contributed by atoms with E-state index in [0.717, 1.165) is 0 Å². The average Bonchev–Trinajstić information content (AvgIpc) is 2.71. The second-order valence-electron chi connectivity index (χ2n) is 9.94. The number of nitrogens with zero attached hydrogens (tertiary/aromatic N) is 1. The standard InChI is InChI=1S/C26H35ClN2O5/c1-14(2)13-19(24(31)34-26(5,6)7)29-23(30)20-15(3)28-16(4)21(25(32)33-8)22(20)17-11-9-10-12-18(17)27/h9-12,14,19,21-22H,13H2,1-8H3,(H,29,30). The van der Waals surface area contributed by atoms with Gasteiger partial charge in [0.05, 0.1) is 7.11 Å². The van der Waals surface area contributed by atoms with Crippen LogP contribution in [-0.2, 0) is 23.9 Å². The molecule has 7 nitrogen and oxygen atoms in total. The SMILES string of the molecule is COC(=O)C1C(C)=NC(C)=C(C(=O)NC(CC(C)C)C(=O)OC(C)(C)C)C1c1ccccc1Cl. The van der Waals surface area contributed by atoms with Gasteiger partial charge in [-0.05, 0) is 58.6 Å². The first-order valence-corrected chi connectivity index (χ1v) is 11.8. The topological polar surface area (TPSA) is 94.1 Å². The number of carbonyl (C=O) groups excluding carboxylic acids is 3. The molecule has 1 aromatic carbocycles. The maximum Gasteiger partial charge on any atom is 0.329 e. The number of ether oxygens (including phenoxy) is 2. The Labute approximate surface area is 206 Å². The van der Waals surface area contributed by atoms with E-state index in [1.165, 1.54) is 7.11 Å². The number of benzene rings is 1. The van der Waals surface area contributed by atoms with E-state index in [0.29, 0.717) is 28.4 Å². The Morgan fingerprint density at radius 2 is 1.76 bits per heavy atom. The van der Waals surface area contributed by atoms with Gasteiger partial charge in [-0.1, -0.05) is 43.6 Å². The minimum atomic E-state index is -0.859. The Balaban J connectivity index is 2.55.